The fourth-order valence-electron chi connectivity index (χ4n) is 4.49. The third-order valence-corrected chi connectivity index (χ3v) is 6.09. The van der Waals surface area contributed by atoms with Crippen molar-refractivity contribution < 1.29 is 4.74 Å². The molecular weight excluding hydrogens is 274 g/mol. The van der Waals surface area contributed by atoms with E-state index < -0.39 is 0 Å². The molecule has 2 aliphatic rings. The van der Waals surface area contributed by atoms with Crippen LogP contribution >= 0.6 is 0 Å². The second kappa shape index (κ2) is 5.97. The zero-order chi connectivity index (χ0) is 15.9. The molecule has 3 atom stereocenters. The molecule has 0 bridgehead atoms. The Morgan fingerprint density at radius 3 is 2.64 bits per heavy atom. The highest BCUT2D eigenvalue weighted by atomic mass is 16.5. The van der Waals surface area contributed by atoms with Gasteiger partial charge >= 0.3 is 0 Å². The van der Waals surface area contributed by atoms with Crippen molar-refractivity contribution in [2.75, 3.05) is 6.61 Å². The zero-order valence-corrected chi connectivity index (χ0v) is 14.8. The van der Waals surface area contributed by atoms with Crippen LogP contribution in [0.2, 0.25) is 0 Å². The average molecular weight is 305 g/mol. The van der Waals surface area contributed by atoms with Crippen LogP contribution in [0.3, 0.4) is 0 Å². The lowest BCUT2D eigenvalue weighted by Gasteiger charge is -2.61. The van der Waals surface area contributed by atoms with Crippen LogP contribution in [0.1, 0.15) is 56.5 Å². The van der Waals surface area contributed by atoms with Crippen molar-refractivity contribution in [3.8, 4) is 0 Å². The number of hydrogen-bond donors (Lipinski definition) is 1. The fraction of sp³-hybridized carbons (Fsp3) is 0.833. The molecule has 4 nitrogen and oxygen atoms in total. The predicted octanol–water partition coefficient (Wildman–Crippen LogP) is 2.91. The minimum atomic E-state index is 0.448. The normalized spacial score (nSPS) is 27.5. The molecule has 3 rings (SSSR count). The molecule has 1 N–H and O–H groups in total. The maximum atomic E-state index is 5.95. The van der Waals surface area contributed by atoms with E-state index in [9.17, 15) is 0 Å². The van der Waals surface area contributed by atoms with Crippen LogP contribution in [-0.4, -0.2) is 34.6 Å². The molecule has 0 amide bonds. The monoisotopic (exact) mass is 305 g/mol. The average Bonchev–Trinajstić information content (AvgIpc) is 2.62. The molecule has 2 saturated carbocycles. The van der Waals surface area contributed by atoms with Crippen molar-refractivity contribution in [3.63, 3.8) is 0 Å². The SMILES string of the molecule is CCO[C@@H]1C[C@H](N[C@H](C)Cc2c(C)nn(C)c2C)C12CCC2. The largest absolute Gasteiger partial charge is 0.378 e. The van der Waals surface area contributed by atoms with Gasteiger partial charge < -0.3 is 10.1 Å². The van der Waals surface area contributed by atoms with Crippen LogP contribution in [0.4, 0.5) is 0 Å². The maximum Gasteiger partial charge on any atom is 0.0661 e. The van der Waals surface area contributed by atoms with Crippen LogP contribution in [0.25, 0.3) is 0 Å². The summed E-state index contributed by atoms with van der Waals surface area (Å²) in [7, 11) is 2.03. The number of aryl methyl sites for hydroxylation is 2. The molecule has 1 heterocycles. The number of rotatable bonds is 6. The molecule has 22 heavy (non-hydrogen) atoms. The topological polar surface area (TPSA) is 39.1 Å². The predicted molar refractivity (Wildman–Crippen MR) is 89.1 cm³/mol. The van der Waals surface area contributed by atoms with Crippen LogP contribution in [0.15, 0.2) is 0 Å². The van der Waals surface area contributed by atoms with E-state index in [-0.39, 0.29) is 0 Å². The number of nitrogens with one attached hydrogen (secondary N) is 1. The van der Waals surface area contributed by atoms with Crippen molar-refractivity contribution in [2.45, 2.75) is 78.0 Å². The van der Waals surface area contributed by atoms with E-state index in [4.69, 9.17) is 4.74 Å². The highest BCUT2D eigenvalue weighted by molar-refractivity contribution is 5.25. The van der Waals surface area contributed by atoms with E-state index in [2.05, 4.69) is 38.1 Å². The highest BCUT2D eigenvalue weighted by Crippen LogP contribution is 2.57. The molecule has 1 aromatic rings. The third kappa shape index (κ3) is 2.50. The Hall–Kier alpha value is -0.870. The van der Waals surface area contributed by atoms with Crippen LogP contribution in [-0.2, 0) is 18.2 Å². The van der Waals surface area contributed by atoms with Gasteiger partial charge in [0.15, 0.2) is 0 Å². The zero-order valence-electron chi connectivity index (χ0n) is 14.8. The van der Waals surface area contributed by atoms with Gasteiger partial charge in [-0.05, 0) is 58.9 Å². The lowest BCUT2D eigenvalue weighted by atomic mass is 9.51. The minimum absolute atomic E-state index is 0.448. The van der Waals surface area contributed by atoms with Crippen molar-refractivity contribution in [1.29, 1.82) is 0 Å². The lowest BCUT2D eigenvalue weighted by molar-refractivity contribution is -0.174. The number of hydrogen-bond acceptors (Lipinski definition) is 3. The molecule has 1 aromatic heterocycles. The van der Waals surface area contributed by atoms with Crippen molar-refractivity contribution in [1.82, 2.24) is 15.1 Å². The Bertz CT molecular complexity index is 533. The second-order valence-electron chi connectivity index (χ2n) is 7.36. The minimum Gasteiger partial charge on any atom is -0.378 e. The van der Waals surface area contributed by atoms with E-state index in [0.29, 0.717) is 23.6 Å². The van der Waals surface area contributed by atoms with Gasteiger partial charge in [-0.2, -0.15) is 5.10 Å². The summed E-state index contributed by atoms with van der Waals surface area (Å²) >= 11 is 0. The van der Waals surface area contributed by atoms with Crippen LogP contribution in [0.5, 0.6) is 0 Å². The molecule has 0 aromatic carbocycles. The molecule has 0 unspecified atom stereocenters. The lowest BCUT2D eigenvalue weighted by Crippen LogP contribution is -2.68. The van der Waals surface area contributed by atoms with Gasteiger partial charge in [-0.15, -0.1) is 0 Å². The summed E-state index contributed by atoms with van der Waals surface area (Å²) < 4.78 is 7.95. The van der Waals surface area contributed by atoms with Crippen LogP contribution < -0.4 is 5.32 Å². The first kappa shape index (κ1) is 16.0. The molecule has 1 spiro atoms. The first-order valence-electron chi connectivity index (χ1n) is 8.84. The smallest absolute Gasteiger partial charge is 0.0661 e. The quantitative estimate of drug-likeness (QED) is 0.878. The Balaban J connectivity index is 1.60. The standard InChI is InChI=1S/C18H31N3O/c1-6-22-17-11-16(18(17)8-7-9-18)19-12(2)10-15-13(3)20-21(5)14(15)4/h12,16-17,19H,6-11H2,1-5H3/t12-,16+,17-/m1/s1. The molecule has 0 saturated heterocycles. The molecule has 2 aliphatic carbocycles. The van der Waals surface area contributed by atoms with E-state index in [0.717, 1.165) is 13.0 Å². The van der Waals surface area contributed by atoms with Gasteiger partial charge in [0.05, 0.1) is 11.8 Å². The van der Waals surface area contributed by atoms with Gasteiger partial charge in [-0.1, -0.05) is 6.42 Å². The molecule has 0 radical (unpaired) electrons. The van der Waals surface area contributed by atoms with Gasteiger partial charge in [-0.3, -0.25) is 4.68 Å². The molecule has 2 fully saturated rings. The van der Waals surface area contributed by atoms with Gasteiger partial charge in [0, 0.05) is 36.8 Å². The Morgan fingerprint density at radius 1 is 1.41 bits per heavy atom. The highest BCUT2D eigenvalue weighted by Gasteiger charge is 2.58. The van der Waals surface area contributed by atoms with E-state index in [1.54, 1.807) is 0 Å². The van der Waals surface area contributed by atoms with E-state index in [1.807, 2.05) is 11.7 Å². The maximum absolute atomic E-state index is 5.95. The van der Waals surface area contributed by atoms with Crippen molar-refractivity contribution in [2.24, 2.45) is 12.5 Å². The van der Waals surface area contributed by atoms with Crippen molar-refractivity contribution in [3.05, 3.63) is 17.0 Å². The van der Waals surface area contributed by atoms with Crippen molar-refractivity contribution >= 4 is 0 Å². The third-order valence-electron chi connectivity index (χ3n) is 6.09. The van der Waals surface area contributed by atoms with Gasteiger partial charge in [0.25, 0.3) is 0 Å². The Labute approximate surface area is 134 Å². The van der Waals surface area contributed by atoms with Gasteiger partial charge in [0.2, 0.25) is 0 Å². The molecular formula is C18H31N3O. The summed E-state index contributed by atoms with van der Waals surface area (Å²) in [4.78, 5) is 0. The summed E-state index contributed by atoms with van der Waals surface area (Å²) in [6.45, 7) is 9.57. The Morgan fingerprint density at radius 2 is 2.14 bits per heavy atom. The number of nitrogens with zero attached hydrogens (tertiary/aromatic N) is 2. The number of aromatic nitrogens is 2. The number of ether oxygens (including phenoxy) is 1. The first-order valence-corrected chi connectivity index (χ1v) is 8.84. The Kier molecular flexibility index (Phi) is 4.34. The molecule has 124 valence electrons. The van der Waals surface area contributed by atoms with E-state index in [1.165, 1.54) is 42.6 Å². The van der Waals surface area contributed by atoms with Gasteiger partial charge in [0.1, 0.15) is 0 Å². The summed E-state index contributed by atoms with van der Waals surface area (Å²) in [5.74, 6) is 0. The molecule has 0 aliphatic heterocycles. The summed E-state index contributed by atoms with van der Waals surface area (Å²) in [5.41, 5.74) is 4.33. The fourth-order valence-corrected chi connectivity index (χ4v) is 4.49. The van der Waals surface area contributed by atoms with Gasteiger partial charge in [-0.25, -0.2) is 0 Å². The first-order chi connectivity index (χ1) is 10.5. The summed E-state index contributed by atoms with van der Waals surface area (Å²) in [6, 6.07) is 1.14. The van der Waals surface area contributed by atoms with Crippen LogP contribution in [0, 0.1) is 19.3 Å². The summed E-state index contributed by atoms with van der Waals surface area (Å²) in [5, 5.41) is 8.43. The van der Waals surface area contributed by atoms with E-state index >= 15 is 0 Å². The molecule has 4 heteroatoms. The summed E-state index contributed by atoms with van der Waals surface area (Å²) in [6.07, 6.45) is 6.80. The second-order valence-corrected chi connectivity index (χ2v) is 7.36.